The van der Waals surface area contributed by atoms with Crippen LogP contribution in [0.25, 0.3) is 11.3 Å². The molecule has 0 unspecified atom stereocenters. The maximum Gasteiger partial charge on any atom is 0.405 e. The van der Waals surface area contributed by atoms with E-state index in [4.69, 9.17) is 16.2 Å². The summed E-state index contributed by atoms with van der Waals surface area (Å²) in [6, 6.07) is 1.54. The maximum absolute atomic E-state index is 13.0. The van der Waals surface area contributed by atoms with Crippen LogP contribution in [0.15, 0.2) is 37.3 Å². The van der Waals surface area contributed by atoms with E-state index in [1.54, 1.807) is 0 Å². The van der Waals surface area contributed by atoms with Crippen molar-refractivity contribution in [3.63, 3.8) is 0 Å². The molecule has 2 aromatic rings. The van der Waals surface area contributed by atoms with Crippen LogP contribution < -0.4 is 11.5 Å². The molecule has 2 rings (SSSR count). The molecule has 0 saturated carbocycles. The van der Waals surface area contributed by atoms with Crippen molar-refractivity contribution < 1.29 is 18.3 Å². The monoisotopic (exact) mass is 323 g/mol. The van der Waals surface area contributed by atoms with E-state index in [2.05, 4.69) is 16.7 Å². The van der Waals surface area contributed by atoms with Gasteiger partial charge in [-0.25, -0.2) is 9.48 Å². The first-order chi connectivity index (χ1) is 10.9. The van der Waals surface area contributed by atoms with Gasteiger partial charge in [0.05, 0.1) is 17.6 Å². The second-order valence-corrected chi connectivity index (χ2v) is 4.63. The van der Waals surface area contributed by atoms with E-state index in [-0.39, 0.29) is 17.8 Å². The average molecular weight is 323 g/mol. The number of alkyl halides is 2. The van der Waals surface area contributed by atoms with Crippen molar-refractivity contribution >= 4 is 11.8 Å². The zero-order chi connectivity index (χ0) is 17.0. The van der Waals surface area contributed by atoms with Gasteiger partial charge in [0.15, 0.2) is 0 Å². The number of pyridine rings is 1. The van der Waals surface area contributed by atoms with Crippen molar-refractivity contribution in [2.75, 3.05) is 5.73 Å². The summed E-state index contributed by atoms with van der Waals surface area (Å²) in [4.78, 5) is 15.0. The number of amides is 1. The molecule has 0 fully saturated rings. The third-order valence-corrected chi connectivity index (χ3v) is 3.05. The Kier molecular flexibility index (Phi) is 4.89. The molecule has 0 saturated heterocycles. The molecular weight excluding hydrogens is 308 g/mol. The van der Waals surface area contributed by atoms with Crippen LogP contribution in [0.3, 0.4) is 0 Å². The Morgan fingerprint density at radius 1 is 1.43 bits per heavy atom. The zero-order valence-corrected chi connectivity index (χ0v) is 12.0. The normalized spacial score (nSPS) is 12.1. The van der Waals surface area contributed by atoms with Crippen molar-refractivity contribution in [3.05, 3.63) is 42.9 Å². The quantitative estimate of drug-likeness (QED) is 0.794. The number of halogens is 2. The number of hydrogen-bond acceptors (Lipinski definition) is 5. The van der Waals surface area contributed by atoms with Gasteiger partial charge >= 0.3 is 12.6 Å². The minimum atomic E-state index is -2.85. The Bertz CT molecular complexity index is 717. The number of anilines is 1. The topological polar surface area (TPSA) is 109 Å². The van der Waals surface area contributed by atoms with E-state index in [0.29, 0.717) is 15.8 Å². The molecule has 9 heteroatoms. The molecule has 7 nitrogen and oxygen atoms in total. The van der Waals surface area contributed by atoms with Crippen LogP contribution in [0, 0.1) is 0 Å². The lowest BCUT2D eigenvalue weighted by Gasteiger charge is -2.16. The minimum Gasteiger partial charge on any atom is -0.441 e. The summed E-state index contributed by atoms with van der Waals surface area (Å²) in [5, 5.41) is 3.54. The van der Waals surface area contributed by atoms with Gasteiger partial charge in [0.1, 0.15) is 6.10 Å². The van der Waals surface area contributed by atoms with E-state index >= 15 is 0 Å². The molecule has 1 amide bonds. The summed E-state index contributed by atoms with van der Waals surface area (Å²) in [6.45, 7) is 0.721. The van der Waals surface area contributed by atoms with Gasteiger partial charge in [0, 0.05) is 29.9 Å². The summed E-state index contributed by atoms with van der Waals surface area (Å²) < 4.78 is 31.5. The van der Waals surface area contributed by atoms with Gasteiger partial charge < -0.3 is 16.2 Å². The van der Waals surface area contributed by atoms with Crippen LogP contribution in [-0.2, 0) is 4.74 Å². The summed E-state index contributed by atoms with van der Waals surface area (Å²) in [7, 11) is 0. The number of carbonyl (C=O) groups is 1. The largest absolute Gasteiger partial charge is 0.441 e. The SMILES string of the molecule is C=CC[C@H](OC(N)=O)c1cncc(-c2c(N)cnn2C(F)F)c1. The summed E-state index contributed by atoms with van der Waals surface area (Å²) in [5.74, 6) is 0. The van der Waals surface area contributed by atoms with Crippen molar-refractivity contribution in [1.29, 1.82) is 0 Å². The first kappa shape index (κ1) is 16.4. The third-order valence-electron chi connectivity index (χ3n) is 3.05. The van der Waals surface area contributed by atoms with E-state index in [9.17, 15) is 13.6 Å². The van der Waals surface area contributed by atoms with E-state index < -0.39 is 18.7 Å². The molecular formula is C14H15F2N5O2. The van der Waals surface area contributed by atoms with Crippen LogP contribution in [0.4, 0.5) is 19.3 Å². The molecule has 0 bridgehead atoms. The molecule has 2 heterocycles. The maximum atomic E-state index is 13.0. The molecule has 23 heavy (non-hydrogen) atoms. The zero-order valence-electron chi connectivity index (χ0n) is 12.0. The number of primary amides is 1. The summed E-state index contributed by atoms with van der Waals surface area (Å²) >= 11 is 0. The van der Waals surface area contributed by atoms with E-state index in [1.807, 2.05) is 0 Å². The van der Waals surface area contributed by atoms with E-state index in [1.165, 1.54) is 24.5 Å². The van der Waals surface area contributed by atoms with Crippen LogP contribution >= 0.6 is 0 Å². The lowest BCUT2D eigenvalue weighted by Crippen LogP contribution is -2.17. The first-order valence-electron chi connectivity index (χ1n) is 6.57. The molecule has 0 spiro atoms. The molecule has 0 aliphatic carbocycles. The van der Waals surface area contributed by atoms with Crippen molar-refractivity contribution in [2.24, 2.45) is 5.73 Å². The van der Waals surface area contributed by atoms with Gasteiger partial charge in [-0.3, -0.25) is 4.98 Å². The van der Waals surface area contributed by atoms with Crippen LogP contribution in [0.5, 0.6) is 0 Å². The Hall–Kier alpha value is -2.97. The molecule has 0 aromatic carbocycles. The highest BCUT2D eigenvalue weighted by atomic mass is 19.3. The Morgan fingerprint density at radius 2 is 2.17 bits per heavy atom. The highest BCUT2D eigenvalue weighted by molar-refractivity contribution is 5.72. The summed E-state index contributed by atoms with van der Waals surface area (Å²) in [6.07, 6.45) is 4.09. The second-order valence-electron chi connectivity index (χ2n) is 4.63. The van der Waals surface area contributed by atoms with Gasteiger partial charge in [-0.05, 0) is 6.07 Å². The minimum absolute atomic E-state index is 0.0331. The molecule has 2 aromatic heterocycles. The van der Waals surface area contributed by atoms with Gasteiger partial charge in [-0.1, -0.05) is 6.08 Å². The fourth-order valence-corrected chi connectivity index (χ4v) is 2.13. The second kappa shape index (κ2) is 6.86. The van der Waals surface area contributed by atoms with Crippen LogP contribution in [0.2, 0.25) is 0 Å². The number of rotatable bonds is 6. The Labute approximate surface area is 130 Å². The van der Waals surface area contributed by atoms with Crippen LogP contribution in [0.1, 0.15) is 24.6 Å². The highest BCUT2D eigenvalue weighted by Gasteiger charge is 2.20. The predicted octanol–water partition coefficient (Wildman–Crippen LogP) is 2.63. The third kappa shape index (κ3) is 3.62. The number of carbonyl (C=O) groups excluding carboxylic acids is 1. The summed E-state index contributed by atoms with van der Waals surface area (Å²) in [5.41, 5.74) is 11.7. The van der Waals surface area contributed by atoms with Crippen molar-refractivity contribution in [3.8, 4) is 11.3 Å². The standard InChI is InChI=1S/C14H15F2N5O2/c1-2-3-11(23-14(18)22)8-4-9(6-19-5-8)12-10(17)7-20-21(12)13(15)16/h2,4-7,11,13H,1,3,17H2,(H2,18,22)/t11-/m0/s1. The lowest BCUT2D eigenvalue weighted by molar-refractivity contribution is 0.0585. The average Bonchev–Trinajstić information content (AvgIpc) is 2.88. The number of nitrogens with two attached hydrogens (primary N) is 2. The molecule has 0 aliphatic rings. The number of ether oxygens (including phenoxy) is 1. The number of aromatic nitrogens is 3. The lowest BCUT2D eigenvalue weighted by atomic mass is 10.0. The number of hydrogen-bond donors (Lipinski definition) is 2. The Balaban J connectivity index is 2.45. The van der Waals surface area contributed by atoms with Gasteiger partial charge in [-0.15, -0.1) is 6.58 Å². The fourth-order valence-electron chi connectivity index (χ4n) is 2.13. The fraction of sp³-hybridized carbons (Fsp3) is 0.214. The highest BCUT2D eigenvalue weighted by Crippen LogP contribution is 2.31. The van der Waals surface area contributed by atoms with Gasteiger partial charge in [0.2, 0.25) is 0 Å². The first-order valence-corrected chi connectivity index (χ1v) is 6.57. The van der Waals surface area contributed by atoms with Gasteiger partial charge in [0.25, 0.3) is 0 Å². The van der Waals surface area contributed by atoms with Crippen molar-refractivity contribution in [2.45, 2.75) is 19.1 Å². The van der Waals surface area contributed by atoms with Gasteiger partial charge in [-0.2, -0.15) is 13.9 Å². The smallest absolute Gasteiger partial charge is 0.405 e. The molecule has 1 atom stereocenters. The Morgan fingerprint density at radius 3 is 2.78 bits per heavy atom. The van der Waals surface area contributed by atoms with E-state index in [0.717, 1.165) is 6.20 Å². The number of nitrogen functional groups attached to an aromatic ring is 1. The molecule has 122 valence electrons. The van der Waals surface area contributed by atoms with Crippen LogP contribution in [-0.4, -0.2) is 20.9 Å². The molecule has 0 aliphatic heterocycles. The van der Waals surface area contributed by atoms with Crippen molar-refractivity contribution in [1.82, 2.24) is 14.8 Å². The molecule has 0 radical (unpaired) electrons. The predicted molar refractivity (Wildman–Crippen MR) is 79.3 cm³/mol. The molecule has 4 N–H and O–H groups in total. The number of nitrogens with zero attached hydrogens (tertiary/aromatic N) is 3.